The van der Waals surface area contributed by atoms with Crippen molar-refractivity contribution in [2.24, 2.45) is 0 Å². The normalized spacial score (nSPS) is 18.4. The molecule has 6 heteroatoms. The quantitative estimate of drug-likeness (QED) is 0.909. The molecule has 2 heterocycles. The fourth-order valence-corrected chi connectivity index (χ4v) is 3.76. The van der Waals surface area contributed by atoms with Crippen LogP contribution in [0.3, 0.4) is 0 Å². The lowest BCUT2D eigenvalue weighted by molar-refractivity contribution is -0.131. The molecule has 0 fully saturated rings. The lowest BCUT2D eigenvalue weighted by atomic mass is 10.1. The van der Waals surface area contributed by atoms with Crippen molar-refractivity contribution in [1.82, 2.24) is 15.1 Å². The van der Waals surface area contributed by atoms with Crippen LogP contribution in [0.1, 0.15) is 28.9 Å². The molecule has 2 aromatic rings. The van der Waals surface area contributed by atoms with Crippen molar-refractivity contribution in [3.8, 4) is 0 Å². The van der Waals surface area contributed by atoms with Gasteiger partial charge in [0.1, 0.15) is 6.04 Å². The van der Waals surface area contributed by atoms with Crippen molar-refractivity contribution < 1.29 is 4.79 Å². The summed E-state index contributed by atoms with van der Waals surface area (Å²) < 4.78 is 0. The highest BCUT2D eigenvalue weighted by Gasteiger charge is 2.30. The van der Waals surface area contributed by atoms with Gasteiger partial charge in [0, 0.05) is 29.9 Å². The summed E-state index contributed by atoms with van der Waals surface area (Å²) in [6, 6.07) is 5.49. The highest BCUT2D eigenvalue weighted by atomic mass is 35.5. The third-order valence-electron chi connectivity index (χ3n) is 4.77. The Morgan fingerprint density at radius 3 is 3.17 bits per heavy atom. The minimum Gasteiger partial charge on any atom is -0.373 e. The van der Waals surface area contributed by atoms with E-state index in [2.05, 4.69) is 15.5 Å². The first-order valence-electron chi connectivity index (χ1n) is 7.97. The molecule has 0 radical (unpaired) electrons. The number of amides is 1. The van der Waals surface area contributed by atoms with E-state index >= 15 is 0 Å². The number of likely N-dealkylation sites (N-methyl/N-ethyl adjacent to an activating group) is 1. The highest BCUT2D eigenvalue weighted by Crippen LogP contribution is 2.29. The first-order valence-corrected chi connectivity index (χ1v) is 8.34. The first-order chi connectivity index (χ1) is 11.1. The van der Waals surface area contributed by atoms with Crippen molar-refractivity contribution in [2.45, 2.75) is 38.3 Å². The average molecular weight is 331 g/mol. The van der Waals surface area contributed by atoms with Crippen molar-refractivity contribution >= 4 is 23.2 Å². The van der Waals surface area contributed by atoms with E-state index < -0.39 is 0 Å². The summed E-state index contributed by atoms with van der Waals surface area (Å²) in [7, 11) is 1.84. The predicted octanol–water partition coefficient (Wildman–Crippen LogP) is 2.55. The molecule has 1 aliphatic carbocycles. The number of halogens is 1. The van der Waals surface area contributed by atoms with Crippen LogP contribution in [0.15, 0.2) is 18.2 Å². The molecular formula is C17H19ClN4O. The smallest absolute Gasteiger partial charge is 0.245 e. The molecule has 2 aliphatic rings. The van der Waals surface area contributed by atoms with Gasteiger partial charge >= 0.3 is 0 Å². The van der Waals surface area contributed by atoms with Gasteiger partial charge in [0.15, 0.2) is 0 Å². The van der Waals surface area contributed by atoms with E-state index in [-0.39, 0.29) is 11.9 Å². The van der Waals surface area contributed by atoms with Gasteiger partial charge in [-0.05, 0) is 48.6 Å². The standard InChI is InChI=1S/C17H19ClN4O/c1-22(9-16-12-3-2-4-14(12)20-21-16)17(23)15-8-10-7-11(18)5-6-13(10)19-15/h5-7,15,19H,2-4,8-9H2,1H3,(H,20,21)/t15-/m1/s1. The number of aromatic nitrogens is 2. The Balaban J connectivity index is 1.45. The Bertz CT molecular complexity index is 770. The highest BCUT2D eigenvalue weighted by molar-refractivity contribution is 6.30. The summed E-state index contributed by atoms with van der Waals surface area (Å²) in [5, 5.41) is 11.5. The summed E-state index contributed by atoms with van der Waals surface area (Å²) in [4.78, 5) is 14.5. The van der Waals surface area contributed by atoms with E-state index in [9.17, 15) is 4.79 Å². The SMILES string of the molecule is CN(Cc1n[nH]c2c1CCC2)C(=O)[C@H]1Cc2cc(Cl)ccc2N1. The van der Waals surface area contributed by atoms with Crippen LogP contribution in [0.5, 0.6) is 0 Å². The molecule has 0 spiro atoms. The maximum Gasteiger partial charge on any atom is 0.245 e. The third kappa shape index (κ3) is 2.59. The number of carbonyl (C=O) groups excluding carboxylic acids is 1. The number of nitrogens with one attached hydrogen (secondary N) is 2. The number of nitrogens with zero attached hydrogens (tertiary/aromatic N) is 2. The van der Waals surface area contributed by atoms with Gasteiger partial charge < -0.3 is 10.2 Å². The Labute approximate surface area is 140 Å². The number of hydrogen-bond acceptors (Lipinski definition) is 3. The van der Waals surface area contributed by atoms with E-state index in [1.165, 1.54) is 17.7 Å². The summed E-state index contributed by atoms with van der Waals surface area (Å²) in [6.45, 7) is 0.556. The number of rotatable bonds is 3. The second kappa shape index (κ2) is 5.57. The Morgan fingerprint density at radius 1 is 1.43 bits per heavy atom. The minimum absolute atomic E-state index is 0.0899. The molecule has 1 aromatic carbocycles. The van der Waals surface area contributed by atoms with Crippen molar-refractivity contribution in [3.05, 3.63) is 45.7 Å². The molecule has 0 unspecified atom stereocenters. The van der Waals surface area contributed by atoms with Crippen LogP contribution in [0.2, 0.25) is 5.02 Å². The number of aryl methyl sites for hydroxylation is 1. The van der Waals surface area contributed by atoms with Gasteiger partial charge in [0.2, 0.25) is 5.91 Å². The Hall–Kier alpha value is -2.01. The second-order valence-electron chi connectivity index (χ2n) is 6.38. The number of H-pyrrole nitrogens is 1. The van der Waals surface area contributed by atoms with Crippen molar-refractivity contribution in [2.75, 3.05) is 12.4 Å². The van der Waals surface area contributed by atoms with Crippen LogP contribution in [-0.4, -0.2) is 34.1 Å². The molecule has 1 aromatic heterocycles. The van der Waals surface area contributed by atoms with Gasteiger partial charge in [0.05, 0.1) is 12.2 Å². The predicted molar refractivity (Wildman–Crippen MR) is 89.7 cm³/mol. The van der Waals surface area contributed by atoms with Crippen molar-refractivity contribution in [3.63, 3.8) is 0 Å². The van der Waals surface area contributed by atoms with Gasteiger partial charge in [-0.2, -0.15) is 5.10 Å². The van der Waals surface area contributed by atoms with Crippen LogP contribution < -0.4 is 5.32 Å². The van der Waals surface area contributed by atoms with E-state index in [0.717, 1.165) is 29.8 Å². The zero-order chi connectivity index (χ0) is 16.0. The number of hydrogen-bond donors (Lipinski definition) is 2. The lowest BCUT2D eigenvalue weighted by Gasteiger charge is -2.21. The van der Waals surface area contributed by atoms with Crippen LogP contribution in [0, 0.1) is 0 Å². The maximum atomic E-state index is 12.7. The fourth-order valence-electron chi connectivity index (χ4n) is 3.57. The topological polar surface area (TPSA) is 61.0 Å². The summed E-state index contributed by atoms with van der Waals surface area (Å²) in [5.74, 6) is 0.0899. The maximum absolute atomic E-state index is 12.7. The van der Waals surface area contributed by atoms with E-state index in [4.69, 9.17) is 11.6 Å². The molecule has 0 bridgehead atoms. The minimum atomic E-state index is -0.222. The summed E-state index contributed by atoms with van der Waals surface area (Å²) >= 11 is 6.03. The number of benzene rings is 1. The van der Waals surface area contributed by atoms with Gasteiger partial charge in [0.25, 0.3) is 0 Å². The molecule has 1 amide bonds. The zero-order valence-corrected chi connectivity index (χ0v) is 13.8. The average Bonchev–Trinajstić information content (AvgIpc) is 3.22. The monoisotopic (exact) mass is 330 g/mol. The van der Waals surface area contributed by atoms with Gasteiger partial charge in [-0.15, -0.1) is 0 Å². The Kier molecular flexibility index (Phi) is 3.53. The van der Waals surface area contributed by atoms with Crippen LogP contribution >= 0.6 is 11.6 Å². The van der Waals surface area contributed by atoms with E-state index in [1.54, 1.807) is 4.90 Å². The second-order valence-corrected chi connectivity index (χ2v) is 6.81. The zero-order valence-electron chi connectivity index (χ0n) is 13.0. The third-order valence-corrected chi connectivity index (χ3v) is 5.01. The van der Waals surface area contributed by atoms with Crippen molar-refractivity contribution in [1.29, 1.82) is 0 Å². The van der Waals surface area contributed by atoms with Crippen LogP contribution in [0.4, 0.5) is 5.69 Å². The van der Waals surface area contributed by atoms with E-state index in [1.807, 2.05) is 25.2 Å². The van der Waals surface area contributed by atoms with E-state index in [0.29, 0.717) is 18.0 Å². The molecule has 0 saturated carbocycles. The number of fused-ring (bicyclic) bond motifs is 2. The van der Waals surface area contributed by atoms with Gasteiger partial charge in [-0.3, -0.25) is 9.89 Å². The molecule has 4 rings (SSSR count). The molecule has 0 saturated heterocycles. The number of aromatic amines is 1. The number of anilines is 1. The van der Waals surface area contributed by atoms with Crippen LogP contribution in [0.25, 0.3) is 0 Å². The van der Waals surface area contributed by atoms with Crippen LogP contribution in [-0.2, 0) is 30.6 Å². The first kappa shape index (κ1) is 14.6. The largest absolute Gasteiger partial charge is 0.373 e. The lowest BCUT2D eigenvalue weighted by Crippen LogP contribution is -2.39. The molecular weight excluding hydrogens is 312 g/mol. The molecule has 2 N–H and O–H groups in total. The summed E-state index contributed by atoms with van der Waals surface area (Å²) in [5.41, 5.74) is 5.65. The fraction of sp³-hybridized carbons (Fsp3) is 0.412. The molecule has 1 aliphatic heterocycles. The van der Waals surface area contributed by atoms with Gasteiger partial charge in [-0.1, -0.05) is 11.6 Å². The molecule has 120 valence electrons. The molecule has 1 atom stereocenters. The Morgan fingerprint density at radius 2 is 2.30 bits per heavy atom. The summed E-state index contributed by atoms with van der Waals surface area (Å²) in [6.07, 6.45) is 3.99. The molecule has 23 heavy (non-hydrogen) atoms. The molecule has 5 nitrogen and oxygen atoms in total. The number of carbonyl (C=O) groups is 1. The van der Waals surface area contributed by atoms with Gasteiger partial charge in [-0.25, -0.2) is 0 Å².